The molecule has 1 aliphatic carbocycles. The quantitative estimate of drug-likeness (QED) is 0.228. The van der Waals surface area contributed by atoms with E-state index in [4.69, 9.17) is 10.5 Å². The predicted octanol–water partition coefficient (Wildman–Crippen LogP) is 6.50. The number of amides is 1. The number of nitrogens with zero attached hydrogens (tertiary/aromatic N) is 2. The topological polar surface area (TPSA) is 106 Å². The molecule has 0 bridgehead atoms. The van der Waals surface area contributed by atoms with Gasteiger partial charge in [0.2, 0.25) is 5.91 Å². The first-order chi connectivity index (χ1) is 19.4. The fourth-order valence-electron chi connectivity index (χ4n) is 4.65. The first-order valence-electron chi connectivity index (χ1n) is 12.5. The second-order valence-electron chi connectivity index (χ2n) is 9.60. The number of carbonyl (C=O) groups is 1. The van der Waals surface area contributed by atoms with Gasteiger partial charge in [-0.3, -0.25) is 9.78 Å². The average Bonchev–Trinajstić information content (AvgIpc) is 3.44. The highest BCUT2D eigenvalue weighted by Crippen LogP contribution is 2.35. The smallest absolute Gasteiger partial charge is 0.432 e. The summed E-state index contributed by atoms with van der Waals surface area (Å²) in [6.45, 7) is -0.110. The summed E-state index contributed by atoms with van der Waals surface area (Å²) in [6.07, 6.45) is -5.65. The second-order valence-corrected chi connectivity index (χ2v) is 9.60. The van der Waals surface area contributed by atoms with E-state index in [1.165, 1.54) is 24.4 Å². The number of fused-ring (bicyclic) bond motifs is 1. The SMILES string of the molecule is NCc1cc(NC(=O)C2CCc3ccc(Oc4ccnc(-c5ncc(C(F)(F)F)[nH]5)c4)cc3C2)cc(C(F)(F)F)c1. The van der Waals surface area contributed by atoms with Gasteiger partial charge in [0.15, 0.2) is 5.82 Å². The van der Waals surface area contributed by atoms with Crippen LogP contribution in [-0.2, 0) is 36.5 Å². The molecule has 1 unspecified atom stereocenters. The summed E-state index contributed by atoms with van der Waals surface area (Å²) in [5.74, 6) is -0.211. The lowest BCUT2D eigenvalue weighted by Crippen LogP contribution is -2.28. The normalized spacial score (nSPS) is 15.3. The third-order valence-electron chi connectivity index (χ3n) is 6.69. The zero-order valence-corrected chi connectivity index (χ0v) is 21.2. The number of benzene rings is 2. The van der Waals surface area contributed by atoms with Crippen LogP contribution in [0.15, 0.2) is 60.9 Å². The molecule has 214 valence electrons. The number of pyridine rings is 1. The summed E-state index contributed by atoms with van der Waals surface area (Å²) in [4.78, 5) is 23.0. The van der Waals surface area contributed by atoms with Crippen LogP contribution in [0.2, 0.25) is 0 Å². The number of imidazole rings is 1. The van der Waals surface area contributed by atoms with Crippen LogP contribution in [0.3, 0.4) is 0 Å². The molecule has 1 amide bonds. The number of carbonyl (C=O) groups excluding carboxylic acids is 1. The Morgan fingerprint density at radius 2 is 1.76 bits per heavy atom. The van der Waals surface area contributed by atoms with E-state index < -0.39 is 35.4 Å². The molecule has 13 heteroatoms. The summed E-state index contributed by atoms with van der Waals surface area (Å²) in [6, 6.07) is 11.6. The maximum Gasteiger partial charge on any atom is 0.432 e. The van der Waals surface area contributed by atoms with Crippen LogP contribution in [0.5, 0.6) is 11.5 Å². The Bertz CT molecular complexity index is 1580. The van der Waals surface area contributed by atoms with Gasteiger partial charge >= 0.3 is 12.4 Å². The summed E-state index contributed by atoms with van der Waals surface area (Å²) >= 11 is 0. The number of nitrogens with one attached hydrogen (secondary N) is 2. The van der Waals surface area contributed by atoms with E-state index in [0.717, 1.165) is 23.3 Å². The van der Waals surface area contributed by atoms with Crippen molar-refractivity contribution in [3.63, 3.8) is 0 Å². The maximum absolute atomic E-state index is 13.3. The third-order valence-corrected chi connectivity index (χ3v) is 6.69. The molecule has 2 heterocycles. The summed E-state index contributed by atoms with van der Waals surface area (Å²) in [5.41, 5.74) is 5.94. The molecule has 0 saturated carbocycles. The van der Waals surface area contributed by atoms with E-state index >= 15 is 0 Å². The number of H-pyrrole nitrogens is 1. The van der Waals surface area contributed by atoms with Crippen molar-refractivity contribution < 1.29 is 35.9 Å². The van der Waals surface area contributed by atoms with Gasteiger partial charge in [0.25, 0.3) is 0 Å². The van der Waals surface area contributed by atoms with Gasteiger partial charge in [-0.05, 0) is 72.4 Å². The summed E-state index contributed by atoms with van der Waals surface area (Å²) in [7, 11) is 0. The highest BCUT2D eigenvalue weighted by atomic mass is 19.4. The fraction of sp³-hybridized carbons (Fsp3) is 0.250. The van der Waals surface area contributed by atoms with Crippen LogP contribution < -0.4 is 15.8 Å². The van der Waals surface area contributed by atoms with Crippen molar-refractivity contribution in [2.75, 3.05) is 5.32 Å². The van der Waals surface area contributed by atoms with Gasteiger partial charge in [0, 0.05) is 30.4 Å². The molecule has 1 aliphatic rings. The van der Waals surface area contributed by atoms with Crippen molar-refractivity contribution in [2.45, 2.75) is 38.2 Å². The van der Waals surface area contributed by atoms with E-state index in [2.05, 4.69) is 20.3 Å². The summed E-state index contributed by atoms with van der Waals surface area (Å²) in [5, 5.41) is 2.60. The largest absolute Gasteiger partial charge is 0.457 e. The van der Waals surface area contributed by atoms with Crippen LogP contribution in [0.4, 0.5) is 32.0 Å². The lowest BCUT2D eigenvalue weighted by Gasteiger charge is -2.25. The first kappa shape index (κ1) is 28.1. The molecular weight excluding hydrogens is 552 g/mol. The number of alkyl halides is 6. The number of hydrogen-bond acceptors (Lipinski definition) is 5. The van der Waals surface area contributed by atoms with Crippen LogP contribution in [0.25, 0.3) is 11.5 Å². The number of aryl methyl sites for hydroxylation is 1. The molecule has 41 heavy (non-hydrogen) atoms. The minimum atomic E-state index is -4.58. The molecule has 2 aromatic carbocycles. The van der Waals surface area contributed by atoms with Crippen LogP contribution >= 0.6 is 0 Å². The highest BCUT2D eigenvalue weighted by Gasteiger charge is 2.34. The molecule has 0 aliphatic heterocycles. The molecule has 4 aromatic rings. The van der Waals surface area contributed by atoms with Gasteiger partial charge < -0.3 is 20.8 Å². The van der Waals surface area contributed by atoms with E-state index in [0.29, 0.717) is 37.0 Å². The number of aromatic amines is 1. The molecule has 4 N–H and O–H groups in total. The Hall–Kier alpha value is -4.39. The Morgan fingerprint density at radius 1 is 0.976 bits per heavy atom. The Balaban J connectivity index is 1.29. The maximum atomic E-state index is 13.3. The van der Waals surface area contributed by atoms with Crippen molar-refractivity contribution in [3.8, 4) is 23.0 Å². The van der Waals surface area contributed by atoms with Crippen molar-refractivity contribution in [1.29, 1.82) is 0 Å². The average molecular weight is 576 g/mol. The van der Waals surface area contributed by atoms with Crippen molar-refractivity contribution in [3.05, 3.63) is 88.9 Å². The summed E-state index contributed by atoms with van der Waals surface area (Å²) < 4.78 is 84.5. The lowest BCUT2D eigenvalue weighted by atomic mass is 9.83. The van der Waals surface area contributed by atoms with Crippen LogP contribution in [0.1, 0.15) is 34.4 Å². The zero-order valence-electron chi connectivity index (χ0n) is 21.2. The monoisotopic (exact) mass is 575 g/mol. The van der Waals surface area contributed by atoms with Gasteiger partial charge in [-0.15, -0.1) is 0 Å². The number of hydrogen-bond donors (Lipinski definition) is 3. The van der Waals surface area contributed by atoms with Gasteiger partial charge in [-0.1, -0.05) is 6.07 Å². The number of rotatable bonds is 6. The van der Waals surface area contributed by atoms with Crippen molar-refractivity contribution >= 4 is 11.6 Å². The minimum absolute atomic E-state index is 0.0283. The second kappa shape index (κ2) is 10.9. The molecule has 1 atom stereocenters. The molecule has 0 fully saturated rings. The van der Waals surface area contributed by atoms with E-state index in [1.807, 2.05) is 6.07 Å². The Labute approximate surface area is 229 Å². The molecule has 0 spiro atoms. The predicted molar refractivity (Wildman–Crippen MR) is 137 cm³/mol. The number of nitrogens with two attached hydrogens (primary N) is 1. The van der Waals surface area contributed by atoms with E-state index in [9.17, 15) is 31.1 Å². The highest BCUT2D eigenvalue weighted by molar-refractivity contribution is 5.93. The number of halogens is 6. The van der Waals surface area contributed by atoms with Crippen LogP contribution in [0, 0.1) is 5.92 Å². The fourth-order valence-corrected chi connectivity index (χ4v) is 4.65. The standard InChI is InChI=1S/C28H23F6N5O2/c29-27(30,31)19-7-15(13-35)8-20(11-19)38-26(40)17-2-1-16-3-4-21(10-18(16)9-17)41-22-5-6-36-23(12-22)25-37-14-24(39-25)28(32,33)34/h3-8,10-12,14,17H,1-2,9,13,35H2,(H,37,39)(H,38,40). The molecular formula is C28H23F6N5O2. The number of ether oxygens (including phenoxy) is 1. The lowest BCUT2D eigenvalue weighted by molar-refractivity contribution is -0.141. The van der Waals surface area contributed by atoms with Gasteiger partial charge in [0.05, 0.1) is 11.8 Å². The molecule has 0 radical (unpaired) electrons. The Morgan fingerprint density at radius 3 is 2.46 bits per heavy atom. The zero-order chi connectivity index (χ0) is 29.4. The van der Waals surface area contributed by atoms with E-state index in [-0.39, 0.29) is 29.3 Å². The van der Waals surface area contributed by atoms with Crippen molar-refractivity contribution in [2.24, 2.45) is 11.7 Å². The van der Waals surface area contributed by atoms with Gasteiger partial charge in [-0.25, -0.2) is 4.98 Å². The van der Waals surface area contributed by atoms with Gasteiger partial charge in [0.1, 0.15) is 22.9 Å². The minimum Gasteiger partial charge on any atom is -0.457 e. The number of aromatic nitrogens is 3. The van der Waals surface area contributed by atoms with E-state index in [1.54, 1.807) is 12.1 Å². The molecule has 0 saturated heterocycles. The molecule has 7 nitrogen and oxygen atoms in total. The molecule has 5 rings (SSSR count). The van der Waals surface area contributed by atoms with Crippen LogP contribution in [-0.4, -0.2) is 20.9 Å². The Kier molecular flexibility index (Phi) is 7.47. The first-order valence-corrected chi connectivity index (χ1v) is 12.5. The molecule has 2 aromatic heterocycles. The van der Waals surface area contributed by atoms with Gasteiger partial charge in [-0.2, -0.15) is 26.3 Å². The van der Waals surface area contributed by atoms with Crippen molar-refractivity contribution in [1.82, 2.24) is 15.0 Å². The third kappa shape index (κ3) is 6.51. The number of anilines is 1.